The molecule has 0 bridgehead atoms. The van der Waals surface area contributed by atoms with Gasteiger partial charge in [0.25, 0.3) is 0 Å². The highest BCUT2D eigenvalue weighted by molar-refractivity contribution is 7.92. The Morgan fingerprint density at radius 3 is 2.50 bits per heavy atom. The maximum absolute atomic E-state index is 12.9. The molecule has 0 heterocycles. The summed E-state index contributed by atoms with van der Waals surface area (Å²) < 4.78 is 41.5. The second kappa shape index (κ2) is 3.83. The van der Waals surface area contributed by atoms with E-state index in [4.69, 9.17) is 4.74 Å². The van der Waals surface area contributed by atoms with Gasteiger partial charge in [-0.2, -0.15) is 0 Å². The van der Waals surface area contributed by atoms with Gasteiger partial charge in [0.2, 0.25) is 10.0 Å². The van der Waals surface area contributed by atoms with Crippen LogP contribution in [0.4, 0.5) is 10.1 Å². The van der Waals surface area contributed by atoms with Crippen LogP contribution in [0.1, 0.15) is 0 Å². The Morgan fingerprint density at radius 2 is 2.00 bits per heavy atom. The Bertz CT molecular complexity index is 430. The number of hydrogen-bond donors (Lipinski definition) is 1. The molecular weight excluding hydrogens is 209 g/mol. The first kappa shape index (κ1) is 10.8. The van der Waals surface area contributed by atoms with Gasteiger partial charge in [-0.15, -0.1) is 0 Å². The summed E-state index contributed by atoms with van der Waals surface area (Å²) in [4.78, 5) is 0. The maximum atomic E-state index is 12.9. The molecule has 0 unspecified atom stereocenters. The Morgan fingerprint density at radius 1 is 1.36 bits per heavy atom. The molecule has 0 aliphatic carbocycles. The number of anilines is 1. The molecule has 0 aromatic heterocycles. The summed E-state index contributed by atoms with van der Waals surface area (Å²) in [6, 6.07) is 3.63. The summed E-state index contributed by atoms with van der Waals surface area (Å²) in [5.74, 6) is -0.299. The van der Waals surface area contributed by atoms with Crippen LogP contribution in [0.25, 0.3) is 0 Å². The second-order valence-electron chi connectivity index (χ2n) is 2.75. The number of benzene rings is 1. The minimum absolute atomic E-state index is 0.143. The highest BCUT2D eigenvalue weighted by Crippen LogP contribution is 2.20. The molecule has 0 amide bonds. The number of halogens is 1. The van der Waals surface area contributed by atoms with E-state index >= 15 is 0 Å². The van der Waals surface area contributed by atoms with Gasteiger partial charge in [0, 0.05) is 12.1 Å². The molecule has 4 nitrogen and oxygen atoms in total. The average Bonchev–Trinajstić information content (AvgIpc) is 1.99. The quantitative estimate of drug-likeness (QED) is 0.831. The van der Waals surface area contributed by atoms with Crippen molar-refractivity contribution in [3.63, 3.8) is 0 Å². The first-order valence-electron chi connectivity index (χ1n) is 3.73. The van der Waals surface area contributed by atoms with Crippen LogP contribution in [-0.2, 0) is 10.0 Å². The lowest BCUT2D eigenvalue weighted by molar-refractivity contribution is 0.411. The van der Waals surface area contributed by atoms with E-state index < -0.39 is 15.8 Å². The molecule has 0 radical (unpaired) electrons. The third-order valence-electron chi connectivity index (χ3n) is 1.41. The molecule has 6 heteroatoms. The average molecular weight is 219 g/mol. The van der Waals surface area contributed by atoms with Crippen molar-refractivity contribution in [2.45, 2.75) is 0 Å². The first-order chi connectivity index (χ1) is 6.40. The van der Waals surface area contributed by atoms with Crippen molar-refractivity contribution in [2.24, 2.45) is 0 Å². The molecule has 14 heavy (non-hydrogen) atoms. The highest BCUT2D eigenvalue weighted by atomic mass is 32.2. The minimum Gasteiger partial charge on any atom is -0.497 e. The molecule has 1 N–H and O–H groups in total. The van der Waals surface area contributed by atoms with Gasteiger partial charge in [0.1, 0.15) is 11.6 Å². The van der Waals surface area contributed by atoms with E-state index in [9.17, 15) is 12.8 Å². The van der Waals surface area contributed by atoms with Crippen LogP contribution in [0.3, 0.4) is 0 Å². The topological polar surface area (TPSA) is 55.4 Å². The molecule has 0 spiro atoms. The predicted molar refractivity (Wildman–Crippen MR) is 51.4 cm³/mol. The highest BCUT2D eigenvalue weighted by Gasteiger charge is 2.05. The maximum Gasteiger partial charge on any atom is 0.229 e. The van der Waals surface area contributed by atoms with Crippen LogP contribution in [0.5, 0.6) is 5.75 Å². The Kier molecular flexibility index (Phi) is 2.95. The van der Waals surface area contributed by atoms with Gasteiger partial charge in [-0.1, -0.05) is 0 Å². The van der Waals surface area contributed by atoms with Crippen LogP contribution >= 0.6 is 0 Å². The normalized spacial score (nSPS) is 11.1. The van der Waals surface area contributed by atoms with Gasteiger partial charge in [0.05, 0.1) is 19.1 Å². The van der Waals surface area contributed by atoms with E-state index in [1.54, 1.807) is 0 Å². The number of nitrogens with one attached hydrogen (secondary N) is 1. The number of sulfonamides is 1. The standard InChI is InChI=1S/C8H10FNO3S/c1-13-8-4-6(9)3-7(5-8)10-14(2,11)12/h3-5,10H,1-2H3. The predicted octanol–water partition coefficient (Wildman–Crippen LogP) is 1.21. The zero-order chi connectivity index (χ0) is 10.8. The summed E-state index contributed by atoms with van der Waals surface area (Å²) in [6.07, 6.45) is 0.990. The van der Waals surface area contributed by atoms with Gasteiger partial charge >= 0.3 is 0 Å². The fourth-order valence-corrected chi connectivity index (χ4v) is 1.50. The van der Waals surface area contributed by atoms with Crippen LogP contribution in [-0.4, -0.2) is 21.8 Å². The van der Waals surface area contributed by atoms with Crippen molar-refractivity contribution in [1.29, 1.82) is 0 Å². The van der Waals surface area contributed by atoms with Crippen LogP contribution in [0.2, 0.25) is 0 Å². The summed E-state index contributed by atoms with van der Waals surface area (Å²) in [6.45, 7) is 0. The van der Waals surface area contributed by atoms with Crippen molar-refractivity contribution < 1.29 is 17.5 Å². The van der Waals surface area contributed by atoms with Gasteiger partial charge in [-0.3, -0.25) is 4.72 Å². The lowest BCUT2D eigenvalue weighted by Gasteiger charge is -2.06. The lowest BCUT2D eigenvalue weighted by Crippen LogP contribution is -2.09. The van der Waals surface area contributed by atoms with Crippen LogP contribution in [0.15, 0.2) is 18.2 Å². The third kappa shape index (κ3) is 3.21. The van der Waals surface area contributed by atoms with Gasteiger partial charge in [-0.25, -0.2) is 12.8 Å². The molecule has 0 aliphatic rings. The molecule has 78 valence electrons. The Balaban J connectivity index is 3.04. The minimum atomic E-state index is -3.39. The van der Waals surface area contributed by atoms with Crippen LogP contribution < -0.4 is 9.46 Å². The molecular formula is C8H10FNO3S. The number of hydrogen-bond acceptors (Lipinski definition) is 3. The van der Waals surface area contributed by atoms with E-state index in [-0.39, 0.29) is 11.4 Å². The zero-order valence-electron chi connectivity index (χ0n) is 7.74. The third-order valence-corrected chi connectivity index (χ3v) is 2.02. The number of methoxy groups -OCH3 is 1. The lowest BCUT2D eigenvalue weighted by atomic mass is 10.3. The van der Waals surface area contributed by atoms with E-state index in [1.807, 2.05) is 0 Å². The Labute approximate surface area is 81.8 Å². The Hall–Kier alpha value is -1.30. The smallest absolute Gasteiger partial charge is 0.229 e. The summed E-state index contributed by atoms with van der Waals surface area (Å²) in [5, 5.41) is 0. The van der Waals surface area contributed by atoms with Crippen LogP contribution in [0, 0.1) is 5.82 Å². The van der Waals surface area contributed by atoms with Crippen molar-refractivity contribution in [2.75, 3.05) is 18.1 Å². The molecule has 0 fully saturated rings. The molecule has 1 aromatic rings. The largest absolute Gasteiger partial charge is 0.497 e. The summed E-state index contributed by atoms with van der Waals surface area (Å²) in [5.41, 5.74) is 0.143. The van der Waals surface area contributed by atoms with E-state index in [0.29, 0.717) is 0 Å². The van der Waals surface area contributed by atoms with Crippen molar-refractivity contribution in [3.8, 4) is 5.75 Å². The SMILES string of the molecule is COc1cc(F)cc(NS(C)(=O)=O)c1. The van der Waals surface area contributed by atoms with E-state index in [0.717, 1.165) is 18.4 Å². The first-order valence-corrected chi connectivity index (χ1v) is 5.62. The van der Waals surface area contributed by atoms with Gasteiger partial charge < -0.3 is 4.74 Å². The molecule has 1 aromatic carbocycles. The fraction of sp³-hybridized carbons (Fsp3) is 0.250. The van der Waals surface area contributed by atoms with E-state index in [1.165, 1.54) is 13.2 Å². The molecule has 1 rings (SSSR count). The van der Waals surface area contributed by atoms with Crippen molar-refractivity contribution >= 4 is 15.7 Å². The zero-order valence-corrected chi connectivity index (χ0v) is 8.56. The van der Waals surface area contributed by atoms with Gasteiger partial charge in [-0.05, 0) is 6.07 Å². The molecule has 0 saturated carbocycles. The number of rotatable bonds is 3. The van der Waals surface area contributed by atoms with E-state index in [2.05, 4.69) is 4.72 Å². The van der Waals surface area contributed by atoms with Crippen molar-refractivity contribution in [3.05, 3.63) is 24.0 Å². The molecule has 0 atom stereocenters. The van der Waals surface area contributed by atoms with Crippen molar-refractivity contribution in [1.82, 2.24) is 0 Å². The molecule has 0 saturated heterocycles. The summed E-state index contributed by atoms with van der Waals surface area (Å²) in [7, 11) is -2.02. The summed E-state index contributed by atoms with van der Waals surface area (Å²) >= 11 is 0. The van der Waals surface area contributed by atoms with Gasteiger partial charge in [0.15, 0.2) is 0 Å². The fourth-order valence-electron chi connectivity index (χ4n) is 0.954. The second-order valence-corrected chi connectivity index (χ2v) is 4.50. The monoisotopic (exact) mass is 219 g/mol. The number of ether oxygens (including phenoxy) is 1. The molecule has 0 aliphatic heterocycles.